The normalized spacial score (nSPS) is 25.2. The van der Waals surface area contributed by atoms with Gasteiger partial charge in [0.15, 0.2) is 0 Å². The standard InChI is InChI=1S/C12H22.C11H21N3/c1-11(2)8-9-12(10-11)6-4-3-5-7-12;1-11(2,13-14-12)9-8-10-6-4-3-5-7-10/h3-10H2,1-2H3;10H,3-9H2,1-2H3. The maximum absolute atomic E-state index is 8.40. The highest BCUT2D eigenvalue weighted by Crippen LogP contribution is 2.55. The molecule has 150 valence electrons. The number of azide groups is 1. The van der Waals surface area contributed by atoms with E-state index in [4.69, 9.17) is 5.53 Å². The van der Waals surface area contributed by atoms with Crippen molar-refractivity contribution >= 4 is 0 Å². The summed E-state index contributed by atoms with van der Waals surface area (Å²) in [5.74, 6) is 0.886. The summed E-state index contributed by atoms with van der Waals surface area (Å²) in [4.78, 5) is 2.90. The van der Waals surface area contributed by atoms with E-state index in [2.05, 4.69) is 23.9 Å². The summed E-state index contributed by atoms with van der Waals surface area (Å²) in [6, 6.07) is 0. The molecule has 0 aliphatic heterocycles. The van der Waals surface area contributed by atoms with Gasteiger partial charge in [0.1, 0.15) is 0 Å². The third kappa shape index (κ3) is 7.14. The molecule has 1 spiro atoms. The van der Waals surface area contributed by atoms with Crippen molar-refractivity contribution in [2.45, 2.75) is 130 Å². The second kappa shape index (κ2) is 9.49. The predicted molar refractivity (Wildman–Crippen MR) is 112 cm³/mol. The van der Waals surface area contributed by atoms with Crippen LogP contribution in [-0.4, -0.2) is 5.54 Å². The van der Waals surface area contributed by atoms with E-state index in [-0.39, 0.29) is 5.54 Å². The van der Waals surface area contributed by atoms with Crippen LogP contribution in [0, 0.1) is 16.7 Å². The van der Waals surface area contributed by atoms with Crippen LogP contribution in [0.5, 0.6) is 0 Å². The summed E-state index contributed by atoms with van der Waals surface area (Å²) < 4.78 is 0. The molecule has 0 N–H and O–H groups in total. The lowest BCUT2D eigenvalue weighted by Crippen LogP contribution is -2.21. The number of hydrogen-bond donors (Lipinski definition) is 0. The fourth-order valence-electron chi connectivity index (χ4n) is 5.73. The van der Waals surface area contributed by atoms with Crippen molar-refractivity contribution in [3.63, 3.8) is 0 Å². The Morgan fingerprint density at radius 3 is 2.08 bits per heavy atom. The van der Waals surface area contributed by atoms with E-state index < -0.39 is 0 Å². The van der Waals surface area contributed by atoms with Crippen molar-refractivity contribution in [2.24, 2.45) is 21.9 Å². The molecule has 0 aromatic heterocycles. The maximum atomic E-state index is 8.40. The van der Waals surface area contributed by atoms with E-state index in [1.807, 2.05) is 13.8 Å². The van der Waals surface area contributed by atoms with Crippen LogP contribution in [0.4, 0.5) is 0 Å². The zero-order valence-corrected chi connectivity index (χ0v) is 18.0. The summed E-state index contributed by atoms with van der Waals surface area (Å²) in [6.45, 7) is 8.96. The molecule has 3 heteroatoms. The number of hydrogen-bond acceptors (Lipinski definition) is 1. The molecule has 0 heterocycles. The Morgan fingerprint density at radius 2 is 1.54 bits per heavy atom. The lowest BCUT2D eigenvalue weighted by atomic mass is 9.71. The second-order valence-corrected chi connectivity index (χ2v) is 10.9. The minimum Gasteiger partial charge on any atom is -0.0878 e. The minimum absolute atomic E-state index is 0.188. The fraction of sp³-hybridized carbons (Fsp3) is 1.00. The molecule has 0 amide bonds. The molecule has 0 bridgehead atoms. The maximum Gasteiger partial charge on any atom is 0.0432 e. The van der Waals surface area contributed by atoms with Gasteiger partial charge in [0.2, 0.25) is 0 Å². The van der Waals surface area contributed by atoms with E-state index >= 15 is 0 Å². The highest BCUT2D eigenvalue weighted by Gasteiger charge is 2.43. The van der Waals surface area contributed by atoms with Gasteiger partial charge in [-0.2, -0.15) is 0 Å². The van der Waals surface area contributed by atoms with E-state index in [1.165, 1.54) is 89.9 Å². The topological polar surface area (TPSA) is 48.8 Å². The molecule has 3 saturated carbocycles. The van der Waals surface area contributed by atoms with Gasteiger partial charge in [-0.05, 0) is 67.2 Å². The summed E-state index contributed by atoms with van der Waals surface area (Å²) >= 11 is 0. The first-order valence-electron chi connectivity index (χ1n) is 11.3. The van der Waals surface area contributed by atoms with Crippen molar-refractivity contribution in [3.8, 4) is 0 Å². The van der Waals surface area contributed by atoms with Crippen molar-refractivity contribution in [1.29, 1.82) is 0 Å². The molecule has 26 heavy (non-hydrogen) atoms. The van der Waals surface area contributed by atoms with Gasteiger partial charge < -0.3 is 0 Å². The Morgan fingerprint density at radius 1 is 0.923 bits per heavy atom. The first-order chi connectivity index (χ1) is 12.3. The first-order valence-corrected chi connectivity index (χ1v) is 11.3. The van der Waals surface area contributed by atoms with Crippen LogP contribution in [0.3, 0.4) is 0 Å². The first kappa shape index (κ1) is 21.6. The molecule has 0 radical (unpaired) electrons. The molecule has 3 fully saturated rings. The predicted octanol–water partition coefficient (Wildman–Crippen LogP) is 8.58. The average Bonchev–Trinajstić information content (AvgIpc) is 2.90. The third-order valence-electron chi connectivity index (χ3n) is 7.30. The molecular formula is C23H43N3. The number of nitrogens with zero attached hydrogens (tertiary/aromatic N) is 3. The lowest BCUT2D eigenvalue weighted by molar-refractivity contribution is 0.175. The molecule has 3 aliphatic rings. The van der Waals surface area contributed by atoms with Gasteiger partial charge in [0, 0.05) is 10.5 Å². The van der Waals surface area contributed by atoms with Crippen LogP contribution in [0.25, 0.3) is 10.4 Å². The Kier molecular flexibility index (Phi) is 7.89. The van der Waals surface area contributed by atoms with E-state index in [0.717, 1.165) is 17.8 Å². The highest BCUT2D eigenvalue weighted by molar-refractivity contribution is 4.94. The molecule has 0 atom stereocenters. The average molecular weight is 362 g/mol. The van der Waals surface area contributed by atoms with Crippen LogP contribution in [0.15, 0.2) is 5.11 Å². The molecule has 0 unspecified atom stereocenters. The third-order valence-corrected chi connectivity index (χ3v) is 7.30. The van der Waals surface area contributed by atoms with Crippen molar-refractivity contribution in [1.82, 2.24) is 0 Å². The van der Waals surface area contributed by atoms with Crippen LogP contribution in [-0.2, 0) is 0 Å². The highest BCUT2D eigenvalue weighted by atomic mass is 15.2. The van der Waals surface area contributed by atoms with Gasteiger partial charge in [-0.25, -0.2) is 0 Å². The zero-order valence-electron chi connectivity index (χ0n) is 18.0. The molecule has 3 aliphatic carbocycles. The Balaban J connectivity index is 0.000000189. The smallest absolute Gasteiger partial charge is 0.0432 e. The summed E-state index contributed by atoms with van der Waals surface area (Å²) in [5.41, 5.74) is 9.68. The van der Waals surface area contributed by atoms with E-state index in [9.17, 15) is 0 Å². The van der Waals surface area contributed by atoms with Gasteiger partial charge in [0.05, 0.1) is 0 Å². The quantitative estimate of drug-likeness (QED) is 0.273. The van der Waals surface area contributed by atoms with Gasteiger partial charge in [-0.15, -0.1) is 0 Å². The Labute approximate surface area is 162 Å². The van der Waals surface area contributed by atoms with Crippen LogP contribution < -0.4 is 0 Å². The molecule has 3 rings (SSSR count). The van der Waals surface area contributed by atoms with Crippen LogP contribution in [0.2, 0.25) is 0 Å². The summed E-state index contributed by atoms with van der Waals surface area (Å²) in [5, 5.41) is 3.82. The van der Waals surface area contributed by atoms with Crippen molar-refractivity contribution < 1.29 is 0 Å². The summed E-state index contributed by atoms with van der Waals surface area (Å²) in [7, 11) is 0. The molecular weight excluding hydrogens is 318 g/mol. The van der Waals surface area contributed by atoms with Gasteiger partial charge in [-0.3, -0.25) is 0 Å². The Bertz CT molecular complexity index is 462. The molecule has 0 saturated heterocycles. The Hall–Kier alpha value is -0.690. The molecule has 3 nitrogen and oxygen atoms in total. The second-order valence-electron chi connectivity index (χ2n) is 10.9. The van der Waals surface area contributed by atoms with E-state index in [1.54, 1.807) is 0 Å². The van der Waals surface area contributed by atoms with Gasteiger partial charge in [0.25, 0.3) is 0 Å². The zero-order chi connectivity index (χ0) is 19.1. The van der Waals surface area contributed by atoms with Crippen LogP contribution >= 0.6 is 0 Å². The largest absolute Gasteiger partial charge is 0.0878 e. The van der Waals surface area contributed by atoms with Gasteiger partial charge >= 0.3 is 0 Å². The minimum atomic E-state index is -0.188. The summed E-state index contributed by atoms with van der Waals surface area (Å²) in [6.07, 6.45) is 21.3. The number of rotatable bonds is 4. The SMILES string of the molecule is CC(C)(CCC1CCCCC1)N=[N+]=[N-].CC1(C)CCC2(CCCCC2)C1. The van der Waals surface area contributed by atoms with Crippen molar-refractivity contribution in [2.75, 3.05) is 0 Å². The van der Waals surface area contributed by atoms with Gasteiger partial charge in [-0.1, -0.05) is 84.2 Å². The fourth-order valence-corrected chi connectivity index (χ4v) is 5.73. The lowest BCUT2D eigenvalue weighted by Gasteiger charge is -2.34. The van der Waals surface area contributed by atoms with Crippen molar-refractivity contribution in [3.05, 3.63) is 10.4 Å². The monoisotopic (exact) mass is 361 g/mol. The molecule has 0 aromatic rings. The van der Waals surface area contributed by atoms with Crippen LogP contribution in [0.1, 0.15) is 124 Å². The molecule has 0 aromatic carbocycles. The van der Waals surface area contributed by atoms with E-state index in [0.29, 0.717) is 5.41 Å².